The highest BCUT2D eigenvalue weighted by Crippen LogP contribution is 2.25. The average molecular weight is 330 g/mol. The fourth-order valence-electron chi connectivity index (χ4n) is 1.67. The minimum absolute atomic E-state index is 0.0148. The summed E-state index contributed by atoms with van der Waals surface area (Å²) in [7, 11) is 0. The summed E-state index contributed by atoms with van der Waals surface area (Å²) in [5.74, 6) is 0.598. The van der Waals surface area contributed by atoms with Crippen LogP contribution in [0.2, 0.25) is 0 Å². The number of aliphatic hydroxyl groups is 1. The molecule has 0 bridgehead atoms. The Morgan fingerprint density at radius 1 is 1.47 bits per heavy atom. The summed E-state index contributed by atoms with van der Waals surface area (Å²) in [5, 5.41) is 8.79. The highest BCUT2D eigenvalue weighted by Gasteiger charge is 2.12. The highest BCUT2D eigenvalue weighted by molar-refractivity contribution is 9.10. The summed E-state index contributed by atoms with van der Waals surface area (Å²) in [4.78, 5) is 13.6. The molecule has 19 heavy (non-hydrogen) atoms. The first-order valence-corrected chi connectivity index (χ1v) is 7.15. The molecule has 0 saturated carbocycles. The second kappa shape index (κ2) is 8.17. The van der Waals surface area contributed by atoms with E-state index in [4.69, 9.17) is 9.84 Å². The first-order valence-electron chi connectivity index (χ1n) is 6.36. The van der Waals surface area contributed by atoms with Gasteiger partial charge in [-0.1, -0.05) is 6.07 Å². The molecule has 0 aliphatic rings. The van der Waals surface area contributed by atoms with Gasteiger partial charge in [-0.3, -0.25) is 4.79 Å². The van der Waals surface area contributed by atoms with Gasteiger partial charge in [0.1, 0.15) is 5.75 Å². The summed E-state index contributed by atoms with van der Waals surface area (Å²) < 4.78 is 6.36. The van der Waals surface area contributed by atoms with Crippen molar-refractivity contribution in [2.24, 2.45) is 0 Å². The third kappa shape index (κ3) is 5.20. The Bertz CT molecular complexity index is 423. The zero-order valence-electron chi connectivity index (χ0n) is 11.4. The van der Waals surface area contributed by atoms with Crippen molar-refractivity contribution >= 4 is 21.8 Å². The van der Waals surface area contributed by atoms with Gasteiger partial charge < -0.3 is 14.7 Å². The SMILES string of the molecule is CCN(CCCO)C(=O)COc1ccc(C)cc1Br. The largest absolute Gasteiger partial charge is 0.483 e. The Kier molecular flexibility index (Phi) is 6.87. The van der Waals surface area contributed by atoms with E-state index in [2.05, 4.69) is 15.9 Å². The number of benzene rings is 1. The van der Waals surface area contributed by atoms with Gasteiger partial charge in [0.15, 0.2) is 6.61 Å². The second-order valence-electron chi connectivity index (χ2n) is 4.27. The Morgan fingerprint density at radius 2 is 2.21 bits per heavy atom. The molecule has 0 saturated heterocycles. The van der Waals surface area contributed by atoms with Crippen molar-refractivity contribution in [2.45, 2.75) is 20.3 Å². The molecule has 0 unspecified atom stereocenters. The molecule has 0 radical (unpaired) electrons. The molecule has 1 amide bonds. The predicted octanol–water partition coefficient (Wildman–Crippen LogP) is 2.37. The lowest BCUT2D eigenvalue weighted by molar-refractivity contribution is -0.133. The number of aryl methyl sites for hydroxylation is 1. The number of amides is 1. The summed E-state index contributed by atoms with van der Waals surface area (Å²) >= 11 is 3.41. The minimum Gasteiger partial charge on any atom is -0.483 e. The maximum Gasteiger partial charge on any atom is 0.260 e. The van der Waals surface area contributed by atoms with E-state index >= 15 is 0 Å². The topological polar surface area (TPSA) is 49.8 Å². The van der Waals surface area contributed by atoms with Crippen molar-refractivity contribution in [1.82, 2.24) is 4.90 Å². The first-order chi connectivity index (χ1) is 9.08. The normalized spacial score (nSPS) is 10.3. The number of carbonyl (C=O) groups excluding carboxylic acids is 1. The summed E-state index contributed by atoms with van der Waals surface area (Å²) in [5.41, 5.74) is 1.13. The van der Waals surface area contributed by atoms with Gasteiger partial charge in [-0.2, -0.15) is 0 Å². The van der Waals surface area contributed by atoms with E-state index in [1.165, 1.54) is 0 Å². The van der Waals surface area contributed by atoms with Crippen LogP contribution in [0.15, 0.2) is 22.7 Å². The van der Waals surface area contributed by atoms with Crippen LogP contribution >= 0.6 is 15.9 Å². The van der Waals surface area contributed by atoms with Crippen LogP contribution in [0.5, 0.6) is 5.75 Å². The van der Waals surface area contributed by atoms with E-state index < -0.39 is 0 Å². The summed E-state index contributed by atoms with van der Waals surface area (Å²) in [6.07, 6.45) is 0.591. The molecule has 5 heteroatoms. The van der Waals surface area contributed by atoms with Crippen molar-refractivity contribution in [3.8, 4) is 5.75 Å². The maximum absolute atomic E-state index is 11.9. The molecular formula is C14H20BrNO3. The number of halogens is 1. The lowest BCUT2D eigenvalue weighted by atomic mass is 10.2. The number of hydrogen-bond acceptors (Lipinski definition) is 3. The van der Waals surface area contributed by atoms with E-state index in [0.717, 1.165) is 10.0 Å². The number of likely N-dealkylation sites (N-methyl/N-ethyl adjacent to an activating group) is 1. The Hall–Kier alpha value is -1.07. The molecule has 0 aliphatic heterocycles. The van der Waals surface area contributed by atoms with Gasteiger partial charge in [-0.15, -0.1) is 0 Å². The lowest BCUT2D eigenvalue weighted by Gasteiger charge is -2.20. The number of ether oxygens (including phenoxy) is 1. The second-order valence-corrected chi connectivity index (χ2v) is 5.13. The van der Waals surface area contributed by atoms with E-state index in [-0.39, 0.29) is 19.1 Å². The van der Waals surface area contributed by atoms with Gasteiger partial charge in [0.25, 0.3) is 5.91 Å². The molecular weight excluding hydrogens is 310 g/mol. The fraction of sp³-hybridized carbons (Fsp3) is 0.500. The smallest absolute Gasteiger partial charge is 0.260 e. The molecule has 0 aromatic heterocycles. The monoisotopic (exact) mass is 329 g/mol. The zero-order valence-corrected chi connectivity index (χ0v) is 12.9. The van der Waals surface area contributed by atoms with Crippen LogP contribution in [0, 0.1) is 6.92 Å². The fourth-order valence-corrected chi connectivity index (χ4v) is 2.28. The number of carbonyl (C=O) groups is 1. The van der Waals surface area contributed by atoms with Gasteiger partial charge in [0.2, 0.25) is 0 Å². The van der Waals surface area contributed by atoms with Gasteiger partial charge in [0.05, 0.1) is 4.47 Å². The van der Waals surface area contributed by atoms with Crippen molar-refractivity contribution in [1.29, 1.82) is 0 Å². The minimum atomic E-state index is -0.0663. The molecule has 0 atom stereocenters. The van der Waals surface area contributed by atoms with Crippen LogP contribution in [-0.2, 0) is 4.79 Å². The molecule has 0 fully saturated rings. The van der Waals surface area contributed by atoms with Crippen LogP contribution in [0.25, 0.3) is 0 Å². The van der Waals surface area contributed by atoms with E-state index in [1.54, 1.807) is 4.90 Å². The zero-order chi connectivity index (χ0) is 14.3. The van der Waals surface area contributed by atoms with Crippen molar-refractivity contribution in [2.75, 3.05) is 26.3 Å². The Labute approximate surface area is 122 Å². The van der Waals surface area contributed by atoms with Gasteiger partial charge >= 0.3 is 0 Å². The quantitative estimate of drug-likeness (QED) is 0.835. The van der Waals surface area contributed by atoms with Crippen LogP contribution in [0.1, 0.15) is 18.9 Å². The van der Waals surface area contributed by atoms with Crippen molar-refractivity contribution < 1.29 is 14.6 Å². The standard InChI is InChI=1S/C14H20BrNO3/c1-3-16(7-4-8-17)14(18)10-19-13-6-5-11(2)9-12(13)15/h5-6,9,17H,3-4,7-8,10H2,1-2H3. The number of aliphatic hydroxyl groups excluding tert-OH is 1. The average Bonchev–Trinajstić information content (AvgIpc) is 2.38. The van der Waals surface area contributed by atoms with Gasteiger partial charge in [0, 0.05) is 19.7 Å². The molecule has 4 nitrogen and oxygen atoms in total. The van der Waals surface area contributed by atoms with Crippen LogP contribution in [0.3, 0.4) is 0 Å². The van der Waals surface area contributed by atoms with E-state index in [9.17, 15) is 4.79 Å². The van der Waals surface area contributed by atoms with E-state index in [1.807, 2.05) is 32.0 Å². The molecule has 106 valence electrons. The van der Waals surface area contributed by atoms with Gasteiger partial charge in [-0.05, 0) is 53.9 Å². The third-order valence-electron chi connectivity index (χ3n) is 2.76. The maximum atomic E-state index is 11.9. The van der Waals surface area contributed by atoms with Crippen LogP contribution < -0.4 is 4.74 Å². The van der Waals surface area contributed by atoms with Gasteiger partial charge in [-0.25, -0.2) is 0 Å². The lowest BCUT2D eigenvalue weighted by Crippen LogP contribution is -2.35. The van der Waals surface area contributed by atoms with Crippen molar-refractivity contribution in [3.05, 3.63) is 28.2 Å². The molecule has 1 N–H and O–H groups in total. The first kappa shape index (κ1) is 16.0. The molecule has 0 aliphatic carbocycles. The Balaban J connectivity index is 2.52. The highest BCUT2D eigenvalue weighted by atomic mass is 79.9. The predicted molar refractivity (Wildman–Crippen MR) is 78.3 cm³/mol. The third-order valence-corrected chi connectivity index (χ3v) is 3.38. The molecule has 1 aromatic carbocycles. The van der Waals surface area contributed by atoms with Crippen LogP contribution in [-0.4, -0.2) is 42.2 Å². The number of hydrogen-bond donors (Lipinski definition) is 1. The number of nitrogens with zero attached hydrogens (tertiary/aromatic N) is 1. The molecule has 1 rings (SSSR count). The van der Waals surface area contributed by atoms with Crippen LogP contribution in [0.4, 0.5) is 0 Å². The number of rotatable bonds is 7. The van der Waals surface area contributed by atoms with Crippen molar-refractivity contribution in [3.63, 3.8) is 0 Å². The van der Waals surface area contributed by atoms with E-state index in [0.29, 0.717) is 25.3 Å². The molecule has 0 spiro atoms. The molecule has 1 aromatic rings. The molecule has 0 heterocycles. The summed E-state index contributed by atoms with van der Waals surface area (Å²) in [6.45, 7) is 5.20. The Morgan fingerprint density at radius 3 is 2.79 bits per heavy atom. The summed E-state index contributed by atoms with van der Waals surface area (Å²) in [6, 6.07) is 5.73.